The molecule has 2 amide bonds. The first kappa shape index (κ1) is 20.3. The molecule has 0 saturated heterocycles. The van der Waals surface area contributed by atoms with Crippen molar-refractivity contribution in [2.75, 3.05) is 11.9 Å². The van der Waals surface area contributed by atoms with E-state index in [1.807, 2.05) is 12.1 Å². The van der Waals surface area contributed by atoms with Crippen LogP contribution in [0.2, 0.25) is 0 Å². The van der Waals surface area contributed by atoms with Crippen LogP contribution in [0.4, 0.5) is 5.82 Å². The van der Waals surface area contributed by atoms with Gasteiger partial charge in [-0.05, 0) is 55.7 Å². The monoisotopic (exact) mass is 393 g/mol. The lowest BCUT2D eigenvalue weighted by molar-refractivity contribution is -0.130. The summed E-state index contributed by atoms with van der Waals surface area (Å²) < 4.78 is 0. The minimum absolute atomic E-state index is 0.134. The molecule has 1 aromatic carbocycles. The standard InChI is InChI=1S/C21H23N5O3/c22-12-18(21(28)26-29)25-20(27)16-9-6-14(7-10-16)4-5-15-8-11-19(23-13-15)24-17-2-1-3-17/h6-11,13,17-18,29H,1-3,12,22H2,(H,23,24)(H,25,27)(H,26,28)/t18-/m0/s1. The van der Waals surface area contributed by atoms with E-state index in [9.17, 15) is 9.59 Å². The normalized spacial score (nSPS) is 14.0. The van der Waals surface area contributed by atoms with E-state index in [1.165, 1.54) is 24.7 Å². The first-order chi connectivity index (χ1) is 14.1. The Kier molecular flexibility index (Phi) is 6.79. The maximum absolute atomic E-state index is 12.2. The number of aromatic nitrogens is 1. The third kappa shape index (κ3) is 5.54. The quantitative estimate of drug-likeness (QED) is 0.283. The molecule has 3 rings (SSSR count). The Morgan fingerprint density at radius 3 is 2.38 bits per heavy atom. The van der Waals surface area contributed by atoms with Crippen molar-refractivity contribution >= 4 is 17.6 Å². The number of hydrogen-bond acceptors (Lipinski definition) is 6. The summed E-state index contributed by atoms with van der Waals surface area (Å²) in [7, 11) is 0. The molecule has 1 saturated carbocycles. The van der Waals surface area contributed by atoms with Crippen LogP contribution in [0.15, 0.2) is 42.6 Å². The van der Waals surface area contributed by atoms with E-state index < -0.39 is 17.9 Å². The molecule has 6 N–H and O–H groups in total. The van der Waals surface area contributed by atoms with Crippen LogP contribution in [0.25, 0.3) is 0 Å². The molecule has 1 aliphatic rings. The lowest BCUT2D eigenvalue weighted by atomic mass is 9.93. The number of anilines is 1. The molecule has 0 aliphatic heterocycles. The summed E-state index contributed by atoms with van der Waals surface area (Å²) in [5.74, 6) is 5.69. The number of benzene rings is 1. The topological polar surface area (TPSA) is 129 Å². The van der Waals surface area contributed by atoms with Gasteiger partial charge in [-0.2, -0.15) is 0 Å². The van der Waals surface area contributed by atoms with E-state index in [4.69, 9.17) is 10.9 Å². The van der Waals surface area contributed by atoms with Crippen molar-refractivity contribution in [3.05, 3.63) is 59.3 Å². The largest absolute Gasteiger partial charge is 0.367 e. The van der Waals surface area contributed by atoms with E-state index >= 15 is 0 Å². The van der Waals surface area contributed by atoms with Crippen LogP contribution in [-0.2, 0) is 4.79 Å². The molecule has 0 spiro atoms. The Hall–Kier alpha value is -3.41. The first-order valence-corrected chi connectivity index (χ1v) is 9.38. The number of amides is 2. The van der Waals surface area contributed by atoms with Gasteiger partial charge in [-0.1, -0.05) is 11.8 Å². The van der Waals surface area contributed by atoms with Gasteiger partial charge in [0.15, 0.2) is 0 Å². The Labute approximate surface area is 168 Å². The third-order valence-corrected chi connectivity index (χ3v) is 4.69. The van der Waals surface area contributed by atoms with E-state index in [-0.39, 0.29) is 6.54 Å². The summed E-state index contributed by atoms with van der Waals surface area (Å²) >= 11 is 0. The molecule has 1 aromatic heterocycles. The third-order valence-electron chi connectivity index (χ3n) is 4.69. The summed E-state index contributed by atoms with van der Waals surface area (Å²) in [5, 5.41) is 14.5. The van der Waals surface area contributed by atoms with Crippen molar-refractivity contribution < 1.29 is 14.8 Å². The lowest BCUT2D eigenvalue weighted by Gasteiger charge is -2.26. The number of nitrogens with one attached hydrogen (secondary N) is 3. The second-order valence-electron chi connectivity index (χ2n) is 6.77. The van der Waals surface area contributed by atoms with E-state index in [0.29, 0.717) is 11.6 Å². The average molecular weight is 393 g/mol. The second-order valence-corrected chi connectivity index (χ2v) is 6.77. The highest BCUT2D eigenvalue weighted by atomic mass is 16.5. The smallest absolute Gasteiger partial charge is 0.267 e. The fourth-order valence-electron chi connectivity index (χ4n) is 2.72. The maximum atomic E-state index is 12.2. The fraction of sp³-hybridized carbons (Fsp3) is 0.286. The van der Waals surface area contributed by atoms with Gasteiger partial charge in [0.1, 0.15) is 11.9 Å². The van der Waals surface area contributed by atoms with Crippen LogP contribution in [0.5, 0.6) is 0 Å². The number of pyridine rings is 1. The Balaban J connectivity index is 1.59. The van der Waals surface area contributed by atoms with Gasteiger partial charge in [0.25, 0.3) is 11.8 Å². The van der Waals surface area contributed by atoms with Crippen LogP contribution in [-0.4, -0.2) is 40.6 Å². The second kappa shape index (κ2) is 9.68. The van der Waals surface area contributed by atoms with Crippen LogP contribution < -0.4 is 21.8 Å². The molecule has 1 fully saturated rings. The zero-order chi connectivity index (χ0) is 20.6. The summed E-state index contributed by atoms with van der Waals surface area (Å²) in [4.78, 5) is 28.0. The van der Waals surface area contributed by atoms with Gasteiger partial charge in [-0.15, -0.1) is 0 Å². The maximum Gasteiger partial charge on any atom is 0.267 e. The molecule has 8 heteroatoms. The van der Waals surface area contributed by atoms with Crippen molar-refractivity contribution in [1.29, 1.82) is 0 Å². The molecule has 0 radical (unpaired) electrons. The van der Waals surface area contributed by atoms with Crippen molar-refractivity contribution in [3.8, 4) is 11.8 Å². The minimum atomic E-state index is -1.01. The molecule has 0 bridgehead atoms. The molecule has 0 unspecified atom stereocenters. The van der Waals surface area contributed by atoms with Crippen LogP contribution in [0.1, 0.15) is 40.7 Å². The number of rotatable bonds is 6. The molecule has 1 heterocycles. The summed E-state index contributed by atoms with van der Waals surface area (Å²) in [6.07, 6.45) is 5.39. The minimum Gasteiger partial charge on any atom is -0.367 e. The summed E-state index contributed by atoms with van der Waals surface area (Å²) in [6, 6.07) is 10.0. The van der Waals surface area contributed by atoms with E-state index in [2.05, 4.69) is 27.5 Å². The number of nitrogens with zero attached hydrogens (tertiary/aromatic N) is 1. The predicted molar refractivity (Wildman–Crippen MR) is 108 cm³/mol. The molecular weight excluding hydrogens is 370 g/mol. The molecule has 8 nitrogen and oxygen atoms in total. The van der Waals surface area contributed by atoms with Gasteiger partial charge in [0, 0.05) is 35.5 Å². The SMILES string of the molecule is NC[C@H](NC(=O)c1ccc(C#Cc2ccc(NC3CCC3)nc2)cc1)C(=O)NO. The highest BCUT2D eigenvalue weighted by Gasteiger charge is 2.19. The molecule has 150 valence electrons. The van der Waals surface area contributed by atoms with Gasteiger partial charge in [-0.25, -0.2) is 10.5 Å². The van der Waals surface area contributed by atoms with Gasteiger partial charge in [0.2, 0.25) is 0 Å². The molecule has 2 aromatic rings. The summed E-state index contributed by atoms with van der Waals surface area (Å²) in [5.41, 5.74) is 8.79. The van der Waals surface area contributed by atoms with Crippen LogP contribution in [0.3, 0.4) is 0 Å². The first-order valence-electron chi connectivity index (χ1n) is 9.38. The fourth-order valence-corrected chi connectivity index (χ4v) is 2.72. The highest BCUT2D eigenvalue weighted by molar-refractivity contribution is 5.97. The van der Waals surface area contributed by atoms with Gasteiger partial charge in [-0.3, -0.25) is 14.8 Å². The Morgan fingerprint density at radius 2 is 1.83 bits per heavy atom. The molecule has 29 heavy (non-hydrogen) atoms. The number of carbonyl (C=O) groups is 2. The van der Waals surface area contributed by atoms with Gasteiger partial charge in [0.05, 0.1) is 0 Å². The lowest BCUT2D eigenvalue weighted by Crippen LogP contribution is -2.50. The van der Waals surface area contributed by atoms with E-state index in [0.717, 1.165) is 16.9 Å². The number of nitrogens with two attached hydrogens (primary N) is 1. The van der Waals surface area contributed by atoms with Crippen molar-refractivity contribution in [2.45, 2.75) is 31.3 Å². The van der Waals surface area contributed by atoms with Gasteiger partial charge >= 0.3 is 0 Å². The zero-order valence-corrected chi connectivity index (χ0v) is 15.8. The number of hydroxylamine groups is 1. The molecule has 1 aliphatic carbocycles. The Bertz CT molecular complexity index is 912. The summed E-state index contributed by atoms with van der Waals surface area (Å²) in [6.45, 7) is -0.134. The van der Waals surface area contributed by atoms with Crippen molar-refractivity contribution in [3.63, 3.8) is 0 Å². The Morgan fingerprint density at radius 1 is 1.14 bits per heavy atom. The zero-order valence-electron chi connectivity index (χ0n) is 15.8. The molecular formula is C21H23N5O3. The number of hydrogen-bond donors (Lipinski definition) is 5. The molecule has 1 atom stereocenters. The van der Waals surface area contributed by atoms with Crippen molar-refractivity contribution in [1.82, 2.24) is 15.8 Å². The van der Waals surface area contributed by atoms with E-state index in [1.54, 1.807) is 30.5 Å². The number of carbonyl (C=O) groups excluding carboxylic acids is 2. The van der Waals surface area contributed by atoms with Crippen LogP contribution >= 0.6 is 0 Å². The highest BCUT2D eigenvalue weighted by Crippen LogP contribution is 2.22. The average Bonchev–Trinajstić information content (AvgIpc) is 2.73. The van der Waals surface area contributed by atoms with Crippen LogP contribution in [0, 0.1) is 11.8 Å². The van der Waals surface area contributed by atoms with Crippen molar-refractivity contribution in [2.24, 2.45) is 5.73 Å². The predicted octanol–water partition coefficient (Wildman–Crippen LogP) is 1.01. The van der Waals surface area contributed by atoms with Gasteiger partial charge < -0.3 is 16.4 Å².